The molecule has 0 heterocycles. The molecule has 0 saturated heterocycles. The number of hydrogen-bond donors (Lipinski definition) is 0. The first kappa shape index (κ1) is 14.5. The molecule has 0 N–H and O–H groups in total. The predicted molar refractivity (Wildman–Crippen MR) is 81.7 cm³/mol. The second-order valence-corrected chi connectivity index (χ2v) is 5.17. The molecule has 0 aromatic heterocycles. The van der Waals surface area contributed by atoms with E-state index >= 15 is 0 Å². The fourth-order valence-electron chi connectivity index (χ4n) is 2.04. The Morgan fingerprint density at radius 1 is 1.10 bits per heavy atom. The van der Waals surface area contributed by atoms with Crippen LogP contribution in [0.1, 0.15) is 16.7 Å². The van der Waals surface area contributed by atoms with E-state index in [-0.39, 0.29) is 5.69 Å². The molecule has 0 aliphatic heterocycles. The SMILES string of the molecule is Cc1cc(C)cc(Oc2ccc([N+](=O)[O-])c(CBr)c2)c1. The van der Waals surface area contributed by atoms with E-state index in [0.717, 1.165) is 16.9 Å². The molecule has 0 aliphatic carbocycles. The maximum atomic E-state index is 10.9. The van der Waals surface area contributed by atoms with Gasteiger partial charge < -0.3 is 4.74 Å². The lowest BCUT2D eigenvalue weighted by molar-refractivity contribution is -0.385. The van der Waals surface area contributed by atoms with Gasteiger partial charge in [0, 0.05) is 17.0 Å². The molecule has 2 aromatic rings. The van der Waals surface area contributed by atoms with Crippen molar-refractivity contribution in [1.82, 2.24) is 0 Å². The van der Waals surface area contributed by atoms with E-state index in [1.54, 1.807) is 12.1 Å². The molecule has 2 rings (SSSR count). The van der Waals surface area contributed by atoms with Crippen LogP contribution in [0.2, 0.25) is 0 Å². The van der Waals surface area contributed by atoms with Gasteiger partial charge in [0.1, 0.15) is 11.5 Å². The van der Waals surface area contributed by atoms with Crippen LogP contribution >= 0.6 is 15.9 Å². The largest absolute Gasteiger partial charge is 0.457 e. The molecule has 0 radical (unpaired) electrons. The predicted octanol–water partition coefficient (Wildman–Crippen LogP) is 4.90. The molecule has 0 aliphatic rings. The Bertz CT molecular complexity index is 635. The van der Waals surface area contributed by atoms with Crippen molar-refractivity contribution in [1.29, 1.82) is 0 Å². The highest BCUT2D eigenvalue weighted by molar-refractivity contribution is 9.08. The summed E-state index contributed by atoms with van der Waals surface area (Å²) in [6, 6.07) is 10.7. The first-order valence-corrected chi connectivity index (χ1v) is 7.21. The maximum absolute atomic E-state index is 10.9. The molecule has 20 heavy (non-hydrogen) atoms. The summed E-state index contributed by atoms with van der Waals surface area (Å²) in [5, 5.41) is 11.3. The van der Waals surface area contributed by atoms with Crippen molar-refractivity contribution >= 4 is 21.6 Å². The number of alkyl halides is 1. The summed E-state index contributed by atoms with van der Waals surface area (Å²) in [4.78, 5) is 10.5. The number of benzene rings is 2. The van der Waals surface area contributed by atoms with Gasteiger partial charge in [0.2, 0.25) is 0 Å². The molecule has 5 heteroatoms. The monoisotopic (exact) mass is 335 g/mol. The highest BCUT2D eigenvalue weighted by Crippen LogP contribution is 2.29. The van der Waals surface area contributed by atoms with E-state index in [0.29, 0.717) is 16.6 Å². The minimum atomic E-state index is -0.392. The zero-order chi connectivity index (χ0) is 14.7. The molecule has 104 valence electrons. The Balaban J connectivity index is 2.32. The number of hydrogen-bond acceptors (Lipinski definition) is 3. The first-order valence-electron chi connectivity index (χ1n) is 6.09. The Hall–Kier alpha value is -1.88. The lowest BCUT2D eigenvalue weighted by Gasteiger charge is -2.09. The number of aryl methyl sites for hydroxylation is 2. The smallest absolute Gasteiger partial charge is 0.273 e. The Morgan fingerprint density at radius 3 is 2.30 bits per heavy atom. The van der Waals surface area contributed by atoms with E-state index < -0.39 is 4.92 Å². The van der Waals surface area contributed by atoms with Gasteiger partial charge in [-0.15, -0.1) is 0 Å². The number of ether oxygens (including phenoxy) is 1. The average Bonchev–Trinajstić information content (AvgIpc) is 2.37. The first-order chi connectivity index (χ1) is 9.49. The highest BCUT2D eigenvalue weighted by Gasteiger charge is 2.13. The van der Waals surface area contributed by atoms with Crippen LogP contribution in [-0.4, -0.2) is 4.92 Å². The summed E-state index contributed by atoms with van der Waals surface area (Å²) in [7, 11) is 0. The van der Waals surface area contributed by atoms with Crippen LogP contribution in [0, 0.1) is 24.0 Å². The van der Waals surface area contributed by atoms with Crippen LogP contribution < -0.4 is 4.74 Å². The zero-order valence-electron chi connectivity index (χ0n) is 11.2. The normalized spacial score (nSPS) is 10.3. The number of nitro benzene ring substituents is 1. The van der Waals surface area contributed by atoms with E-state index in [1.807, 2.05) is 26.0 Å². The van der Waals surface area contributed by atoms with Crippen molar-refractivity contribution < 1.29 is 9.66 Å². The fraction of sp³-hybridized carbons (Fsp3) is 0.200. The molecular formula is C15H14BrNO3. The van der Waals surface area contributed by atoms with Gasteiger partial charge in [0.15, 0.2) is 0 Å². The second-order valence-electron chi connectivity index (χ2n) is 4.61. The van der Waals surface area contributed by atoms with Gasteiger partial charge in [0.25, 0.3) is 5.69 Å². The Kier molecular flexibility index (Phi) is 4.39. The van der Waals surface area contributed by atoms with E-state index in [4.69, 9.17) is 4.74 Å². The van der Waals surface area contributed by atoms with Gasteiger partial charge in [-0.05, 0) is 49.2 Å². The molecule has 4 nitrogen and oxygen atoms in total. The van der Waals surface area contributed by atoms with Crippen molar-refractivity contribution in [3.8, 4) is 11.5 Å². The van der Waals surface area contributed by atoms with Gasteiger partial charge in [-0.3, -0.25) is 10.1 Å². The summed E-state index contributed by atoms with van der Waals surface area (Å²) in [5.74, 6) is 1.33. The van der Waals surface area contributed by atoms with Crippen molar-refractivity contribution in [3.05, 3.63) is 63.2 Å². The minimum absolute atomic E-state index is 0.0923. The van der Waals surface area contributed by atoms with Crippen LogP contribution in [0.4, 0.5) is 5.69 Å². The van der Waals surface area contributed by atoms with Gasteiger partial charge in [0.05, 0.1) is 4.92 Å². The topological polar surface area (TPSA) is 52.4 Å². The van der Waals surface area contributed by atoms with E-state index in [1.165, 1.54) is 6.07 Å². The lowest BCUT2D eigenvalue weighted by Crippen LogP contribution is -1.94. The van der Waals surface area contributed by atoms with Gasteiger partial charge in [-0.2, -0.15) is 0 Å². The number of rotatable bonds is 4. The second kappa shape index (κ2) is 6.05. The summed E-state index contributed by atoms with van der Waals surface area (Å²) in [6.07, 6.45) is 0. The molecule has 0 amide bonds. The van der Waals surface area contributed by atoms with Crippen LogP contribution in [0.25, 0.3) is 0 Å². The third-order valence-corrected chi connectivity index (χ3v) is 3.43. The summed E-state index contributed by atoms with van der Waals surface area (Å²) >= 11 is 3.26. The molecule has 0 unspecified atom stereocenters. The summed E-state index contributed by atoms with van der Waals surface area (Å²) in [6.45, 7) is 4.00. The van der Waals surface area contributed by atoms with Gasteiger partial charge >= 0.3 is 0 Å². The average molecular weight is 336 g/mol. The van der Waals surface area contributed by atoms with Crippen molar-refractivity contribution in [2.24, 2.45) is 0 Å². The van der Waals surface area contributed by atoms with Crippen molar-refractivity contribution in [2.75, 3.05) is 0 Å². The third-order valence-electron chi connectivity index (χ3n) is 2.82. The highest BCUT2D eigenvalue weighted by atomic mass is 79.9. The molecule has 0 bridgehead atoms. The van der Waals surface area contributed by atoms with Crippen LogP contribution in [0.3, 0.4) is 0 Å². The van der Waals surface area contributed by atoms with Crippen molar-refractivity contribution in [3.63, 3.8) is 0 Å². The molecule has 0 spiro atoms. The van der Waals surface area contributed by atoms with E-state index in [2.05, 4.69) is 22.0 Å². The quantitative estimate of drug-likeness (QED) is 0.453. The Labute approximate surface area is 125 Å². The Morgan fingerprint density at radius 2 is 1.75 bits per heavy atom. The lowest BCUT2D eigenvalue weighted by atomic mass is 10.1. The zero-order valence-corrected chi connectivity index (χ0v) is 12.8. The number of halogens is 1. The van der Waals surface area contributed by atoms with Crippen LogP contribution in [0.15, 0.2) is 36.4 Å². The molecule has 2 aromatic carbocycles. The third kappa shape index (κ3) is 3.36. The standard InChI is InChI=1S/C15H14BrNO3/c1-10-5-11(2)7-14(6-10)20-13-3-4-15(17(18)19)12(8-13)9-16/h3-8H,9H2,1-2H3. The minimum Gasteiger partial charge on any atom is -0.457 e. The summed E-state index contributed by atoms with van der Waals surface area (Å²) in [5.41, 5.74) is 2.91. The molecule has 0 saturated carbocycles. The fourth-order valence-corrected chi connectivity index (χ4v) is 2.49. The molecule has 0 atom stereocenters. The van der Waals surface area contributed by atoms with Gasteiger partial charge in [-0.25, -0.2) is 0 Å². The number of nitrogens with zero attached hydrogens (tertiary/aromatic N) is 1. The van der Waals surface area contributed by atoms with Gasteiger partial charge in [-0.1, -0.05) is 22.0 Å². The van der Waals surface area contributed by atoms with Crippen LogP contribution in [-0.2, 0) is 5.33 Å². The maximum Gasteiger partial charge on any atom is 0.273 e. The van der Waals surface area contributed by atoms with Crippen LogP contribution in [0.5, 0.6) is 11.5 Å². The van der Waals surface area contributed by atoms with E-state index in [9.17, 15) is 10.1 Å². The molecular weight excluding hydrogens is 322 g/mol. The summed E-state index contributed by atoms with van der Waals surface area (Å²) < 4.78 is 5.77. The van der Waals surface area contributed by atoms with Crippen molar-refractivity contribution in [2.45, 2.75) is 19.2 Å². The molecule has 0 fully saturated rings. The number of nitro groups is 1.